The minimum absolute atomic E-state index is 0. The number of benzene rings is 2. The number of carbonyl (C=O) groups excluding carboxylic acids is 1. The number of nitrogens with one attached hydrogen (secondary N) is 1. The van der Waals surface area contributed by atoms with Crippen LogP contribution in [-0.4, -0.2) is 11.9 Å². The third kappa shape index (κ3) is 5.38. The Kier molecular flexibility index (Phi) is 7.79. The van der Waals surface area contributed by atoms with Gasteiger partial charge in [-0.2, -0.15) is 0 Å². The molecule has 23 heavy (non-hydrogen) atoms. The molecule has 2 rings (SSSR count). The predicted octanol–water partition coefficient (Wildman–Crippen LogP) is 4.08. The summed E-state index contributed by atoms with van der Waals surface area (Å²) in [6.07, 6.45) is 1.63. The van der Waals surface area contributed by atoms with E-state index in [0.29, 0.717) is 6.42 Å². The first-order valence-corrected chi connectivity index (χ1v) is 7.83. The van der Waals surface area contributed by atoms with Crippen LogP contribution in [0.15, 0.2) is 54.6 Å². The molecule has 1 amide bonds. The summed E-state index contributed by atoms with van der Waals surface area (Å²) in [6, 6.07) is 18.1. The van der Waals surface area contributed by atoms with Gasteiger partial charge >= 0.3 is 0 Å². The van der Waals surface area contributed by atoms with Gasteiger partial charge in [0.1, 0.15) is 0 Å². The maximum atomic E-state index is 12.0. The van der Waals surface area contributed by atoms with Crippen molar-refractivity contribution in [2.24, 2.45) is 5.73 Å². The maximum absolute atomic E-state index is 12.0. The van der Waals surface area contributed by atoms with Crippen molar-refractivity contribution in [2.45, 2.75) is 38.8 Å². The zero-order valence-corrected chi connectivity index (χ0v) is 14.5. The summed E-state index contributed by atoms with van der Waals surface area (Å²) in [5.74, 6) is -0.0820. The highest BCUT2D eigenvalue weighted by atomic mass is 35.5. The van der Waals surface area contributed by atoms with Crippen molar-refractivity contribution < 1.29 is 4.79 Å². The normalized spacial score (nSPS) is 12.8. The smallest absolute Gasteiger partial charge is 0.237 e. The lowest BCUT2D eigenvalue weighted by Gasteiger charge is -2.18. The van der Waals surface area contributed by atoms with Gasteiger partial charge in [0.2, 0.25) is 5.91 Å². The van der Waals surface area contributed by atoms with Gasteiger partial charge in [-0.3, -0.25) is 4.79 Å². The highest BCUT2D eigenvalue weighted by Crippen LogP contribution is 2.21. The largest absolute Gasteiger partial charge is 0.348 e. The molecule has 0 fully saturated rings. The Morgan fingerprint density at radius 2 is 1.61 bits per heavy atom. The molecule has 2 aromatic carbocycles. The van der Waals surface area contributed by atoms with Gasteiger partial charge in [0, 0.05) is 0 Å². The van der Waals surface area contributed by atoms with E-state index in [9.17, 15) is 4.79 Å². The van der Waals surface area contributed by atoms with Crippen LogP contribution in [0.5, 0.6) is 0 Å². The molecule has 0 aliphatic heterocycles. The summed E-state index contributed by atoms with van der Waals surface area (Å²) in [5.41, 5.74) is 9.28. The molecule has 3 N–H and O–H groups in total. The fraction of sp³-hybridized carbons (Fsp3) is 0.316. The Bertz CT molecular complexity index is 599. The Balaban J connectivity index is 0.00000264. The predicted molar refractivity (Wildman–Crippen MR) is 98.6 cm³/mol. The third-order valence-electron chi connectivity index (χ3n) is 3.81. The highest BCUT2D eigenvalue weighted by molar-refractivity contribution is 5.85. The van der Waals surface area contributed by atoms with Crippen LogP contribution >= 0.6 is 12.4 Å². The molecule has 2 aromatic rings. The van der Waals surface area contributed by atoms with E-state index in [4.69, 9.17) is 5.73 Å². The van der Waals surface area contributed by atoms with Crippen LogP contribution in [0.3, 0.4) is 0 Å². The van der Waals surface area contributed by atoms with Crippen LogP contribution in [0.25, 0.3) is 11.1 Å². The van der Waals surface area contributed by atoms with Gasteiger partial charge in [0.05, 0.1) is 12.1 Å². The molecule has 2 unspecified atom stereocenters. The summed E-state index contributed by atoms with van der Waals surface area (Å²) < 4.78 is 0. The molecule has 124 valence electrons. The number of halogens is 1. The van der Waals surface area contributed by atoms with Gasteiger partial charge < -0.3 is 11.1 Å². The average molecular weight is 333 g/mol. The molecular formula is C19H25ClN2O. The Labute approximate surface area is 144 Å². The molecule has 0 heterocycles. The molecule has 0 aromatic heterocycles. The topological polar surface area (TPSA) is 55.1 Å². The van der Waals surface area contributed by atoms with E-state index >= 15 is 0 Å². The second-order valence-corrected chi connectivity index (χ2v) is 5.61. The van der Waals surface area contributed by atoms with Crippen molar-refractivity contribution in [3.8, 4) is 11.1 Å². The van der Waals surface area contributed by atoms with Crippen molar-refractivity contribution in [2.75, 3.05) is 0 Å². The lowest BCUT2D eigenvalue weighted by atomic mass is 10.0. The van der Waals surface area contributed by atoms with Crippen LogP contribution in [0.2, 0.25) is 0 Å². The van der Waals surface area contributed by atoms with E-state index in [2.05, 4.69) is 41.7 Å². The molecule has 0 radical (unpaired) electrons. The molecular weight excluding hydrogens is 308 g/mol. The second kappa shape index (κ2) is 9.33. The summed E-state index contributed by atoms with van der Waals surface area (Å²) in [4.78, 5) is 12.0. The second-order valence-electron chi connectivity index (χ2n) is 5.61. The minimum Gasteiger partial charge on any atom is -0.348 e. The van der Waals surface area contributed by atoms with Gasteiger partial charge in [0.15, 0.2) is 0 Å². The van der Waals surface area contributed by atoms with Crippen LogP contribution < -0.4 is 11.1 Å². The van der Waals surface area contributed by atoms with E-state index in [1.807, 2.05) is 32.0 Å². The lowest BCUT2D eigenvalue weighted by Crippen LogP contribution is -2.41. The number of hydrogen-bond donors (Lipinski definition) is 2. The molecule has 0 saturated carbocycles. The highest BCUT2D eigenvalue weighted by Gasteiger charge is 2.15. The van der Waals surface area contributed by atoms with E-state index in [1.54, 1.807) is 0 Å². The number of carbonyl (C=O) groups is 1. The first-order valence-electron chi connectivity index (χ1n) is 7.83. The van der Waals surface area contributed by atoms with Gasteiger partial charge in [-0.15, -0.1) is 12.4 Å². The van der Waals surface area contributed by atoms with Gasteiger partial charge in [-0.05, 0) is 30.0 Å². The Hall–Kier alpha value is -1.84. The van der Waals surface area contributed by atoms with E-state index in [-0.39, 0.29) is 24.4 Å². The van der Waals surface area contributed by atoms with Crippen molar-refractivity contribution in [1.82, 2.24) is 5.32 Å². The summed E-state index contributed by atoms with van der Waals surface area (Å²) in [5, 5.41) is 2.98. The molecule has 0 aliphatic rings. The number of amides is 1. The quantitative estimate of drug-likeness (QED) is 0.837. The van der Waals surface area contributed by atoms with E-state index < -0.39 is 6.04 Å². The van der Waals surface area contributed by atoms with E-state index in [1.165, 1.54) is 11.1 Å². The SMILES string of the molecule is CCCC(N)C(=O)NC(C)c1ccc(-c2ccccc2)cc1.Cl. The maximum Gasteiger partial charge on any atom is 0.237 e. The molecule has 0 spiro atoms. The van der Waals surface area contributed by atoms with Gasteiger partial charge in [-0.25, -0.2) is 0 Å². The lowest BCUT2D eigenvalue weighted by molar-refractivity contribution is -0.123. The third-order valence-corrected chi connectivity index (χ3v) is 3.81. The molecule has 4 heteroatoms. The summed E-state index contributed by atoms with van der Waals surface area (Å²) >= 11 is 0. The number of rotatable bonds is 6. The molecule has 0 aliphatic carbocycles. The van der Waals surface area contributed by atoms with Crippen molar-refractivity contribution in [3.05, 3.63) is 60.2 Å². The Morgan fingerprint density at radius 1 is 1.04 bits per heavy atom. The van der Waals surface area contributed by atoms with E-state index in [0.717, 1.165) is 12.0 Å². The van der Waals surface area contributed by atoms with Crippen LogP contribution in [-0.2, 0) is 4.79 Å². The first kappa shape index (κ1) is 19.2. The van der Waals surface area contributed by atoms with Crippen LogP contribution in [0, 0.1) is 0 Å². The fourth-order valence-corrected chi connectivity index (χ4v) is 2.44. The number of hydrogen-bond acceptors (Lipinski definition) is 2. The summed E-state index contributed by atoms with van der Waals surface area (Å²) in [7, 11) is 0. The molecule has 2 atom stereocenters. The van der Waals surface area contributed by atoms with Gasteiger partial charge in [0.25, 0.3) is 0 Å². The number of nitrogens with two attached hydrogens (primary N) is 1. The molecule has 0 saturated heterocycles. The fourth-order valence-electron chi connectivity index (χ4n) is 2.44. The zero-order valence-electron chi connectivity index (χ0n) is 13.7. The minimum atomic E-state index is -0.420. The van der Waals surface area contributed by atoms with Crippen LogP contribution in [0.1, 0.15) is 38.3 Å². The van der Waals surface area contributed by atoms with Crippen molar-refractivity contribution in [3.63, 3.8) is 0 Å². The zero-order chi connectivity index (χ0) is 15.9. The average Bonchev–Trinajstić information content (AvgIpc) is 2.56. The standard InChI is InChI=1S/C19H24N2O.ClH/c1-3-7-18(20)19(22)21-14(2)15-10-12-17(13-11-15)16-8-5-4-6-9-16;/h4-6,8-14,18H,3,7,20H2,1-2H3,(H,21,22);1H. The molecule has 0 bridgehead atoms. The first-order chi connectivity index (χ1) is 10.6. The monoisotopic (exact) mass is 332 g/mol. The summed E-state index contributed by atoms with van der Waals surface area (Å²) in [6.45, 7) is 4.01. The van der Waals surface area contributed by atoms with Crippen LogP contribution in [0.4, 0.5) is 0 Å². The molecule has 3 nitrogen and oxygen atoms in total. The van der Waals surface area contributed by atoms with Crippen molar-refractivity contribution in [1.29, 1.82) is 0 Å². The Morgan fingerprint density at radius 3 is 2.17 bits per heavy atom. The van der Waals surface area contributed by atoms with Crippen molar-refractivity contribution >= 4 is 18.3 Å². The van der Waals surface area contributed by atoms with Gasteiger partial charge in [-0.1, -0.05) is 67.9 Å².